The maximum absolute atomic E-state index is 6.02. The zero-order valence-corrected chi connectivity index (χ0v) is 12.2. The molecule has 0 heterocycles. The maximum Gasteiger partial charge on any atom is 0.0412 e. The number of rotatable bonds is 2. The Morgan fingerprint density at radius 1 is 0.450 bits per heavy atom. The molecule has 98 valence electrons. The largest absolute Gasteiger partial charge is 0.0843 e. The highest BCUT2D eigenvalue weighted by molar-refractivity contribution is 6.31. The third-order valence-corrected chi connectivity index (χ3v) is 3.71. The summed E-state index contributed by atoms with van der Waals surface area (Å²) in [5.41, 5.74) is 4.62. The molecule has 3 aromatic rings. The van der Waals surface area contributed by atoms with Crippen LogP contribution < -0.4 is 0 Å². The minimum Gasteiger partial charge on any atom is -0.0843 e. The summed E-state index contributed by atoms with van der Waals surface area (Å²) in [5, 5.41) is 1.51. The second kappa shape index (κ2) is 5.70. The first-order valence-corrected chi connectivity index (χ1v) is 7.10. The predicted octanol–water partition coefficient (Wildman–Crippen LogP) is 6.33. The van der Waals surface area contributed by atoms with Gasteiger partial charge in [-0.05, 0) is 46.5 Å². The standard InChI is InChI=1S/C18H12Cl2/c19-17-10-8-14(9-11-17)13-4-6-15(7-5-13)16-2-1-3-18(20)12-16/h1-12H. The summed E-state index contributed by atoms with van der Waals surface area (Å²) < 4.78 is 0. The highest BCUT2D eigenvalue weighted by Crippen LogP contribution is 2.27. The molecular formula is C18H12Cl2. The zero-order valence-electron chi connectivity index (χ0n) is 10.7. The molecule has 3 rings (SSSR count). The second-order valence-electron chi connectivity index (χ2n) is 4.59. The van der Waals surface area contributed by atoms with Gasteiger partial charge in [-0.25, -0.2) is 0 Å². The topological polar surface area (TPSA) is 0 Å². The Labute approximate surface area is 128 Å². The van der Waals surface area contributed by atoms with Crippen molar-refractivity contribution < 1.29 is 0 Å². The fraction of sp³-hybridized carbons (Fsp3) is 0. The third-order valence-electron chi connectivity index (χ3n) is 3.22. The normalized spacial score (nSPS) is 10.5. The van der Waals surface area contributed by atoms with Crippen molar-refractivity contribution in [1.82, 2.24) is 0 Å². The lowest BCUT2D eigenvalue weighted by Gasteiger charge is -2.05. The van der Waals surface area contributed by atoms with E-state index in [4.69, 9.17) is 23.2 Å². The molecule has 0 amide bonds. The van der Waals surface area contributed by atoms with Crippen LogP contribution in [0.25, 0.3) is 22.3 Å². The van der Waals surface area contributed by atoms with Crippen LogP contribution in [0.5, 0.6) is 0 Å². The van der Waals surface area contributed by atoms with Crippen molar-refractivity contribution in [2.75, 3.05) is 0 Å². The molecule has 0 aliphatic carbocycles. The summed E-state index contributed by atoms with van der Waals surface area (Å²) in [6.07, 6.45) is 0. The van der Waals surface area contributed by atoms with E-state index in [0.717, 1.165) is 26.7 Å². The van der Waals surface area contributed by atoms with E-state index in [1.165, 1.54) is 5.56 Å². The summed E-state index contributed by atoms with van der Waals surface area (Å²) in [7, 11) is 0. The van der Waals surface area contributed by atoms with Crippen LogP contribution in [0.4, 0.5) is 0 Å². The summed E-state index contributed by atoms with van der Waals surface area (Å²) >= 11 is 11.9. The lowest BCUT2D eigenvalue weighted by molar-refractivity contribution is 1.59. The van der Waals surface area contributed by atoms with E-state index in [1.807, 2.05) is 42.5 Å². The van der Waals surface area contributed by atoms with Gasteiger partial charge in [0.05, 0.1) is 0 Å². The van der Waals surface area contributed by atoms with Gasteiger partial charge < -0.3 is 0 Å². The Balaban J connectivity index is 1.93. The Kier molecular flexibility index (Phi) is 3.77. The molecule has 0 aliphatic rings. The van der Waals surface area contributed by atoms with E-state index in [2.05, 4.69) is 30.3 Å². The highest BCUT2D eigenvalue weighted by atomic mass is 35.5. The van der Waals surface area contributed by atoms with E-state index in [0.29, 0.717) is 0 Å². The molecule has 0 aromatic heterocycles. The van der Waals surface area contributed by atoms with Crippen LogP contribution in [0.2, 0.25) is 10.0 Å². The molecule has 0 bridgehead atoms. The van der Waals surface area contributed by atoms with Crippen molar-refractivity contribution >= 4 is 23.2 Å². The molecule has 2 heteroatoms. The van der Waals surface area contributed by atoms with Crippen LogP contribution in [-0.2, 0) is 0 Å². The van der Waals surface area contributed by atoms with Gasteiger partial charge in [0.1, 0.15) is 0 Å². The van der Waals surface area contributed by atoms with E-state index < -0.39 is 0 Å². The Bertz CT molecular complexity index is 713. The van der Waals surface area contributed by atoms with Crippen LogP contribution in [-0.4, -0.2) is 0 Å². The van der Waals surface area contributed by atoms with E-state index in [-0.39, 0.29) is 0 Å². The third kappa shape index (κ3) is 2.87. The Hall–Kier alpha value is -1.76. The van der Waals surface area contributed by atoms with E-state index in [9.17, 15) is 0 Å². The number of halogens is 2. The molecule has 0 unspecified atom stereocenters. The first-order chi connectivity index (χ1) is 9.72. The fourth-order valence-electron chi connectivity index (χ4n) is 2.17. The molecule has 3 aromatic carbocycles. The van der Waals surface area contributed by atoms with Gasteiger partial charge >= 0.3 is 0 Å². The smallest absolute Gasteiger partial charge is 0.0412 e. The average Bonchev–Trinajstić information content (AvgIpc) is 2.48. The minimum atomic E-state index is 0.754. The van der Waals surface area contributed by atoms with Gasteiger partial charge in [0.2, 0.25) is 0 Å². The molecule has 20 heavy (non-hydrogen) atoms. The SMILES string of the molecule is Clc1ccc(-c2ccc(-c3cccc(Cl)c3)cc2)cc1. The van der Waals surface area contributed by atoms with Crippen LogP contribution >= 0.6 is 23.2 Å². The molecule has 0 radical (unpaired) electrons. The first-order valence-electron chi connectivity index (χ1n) is 6.34. The molecule has 0 nitrogen and oxygen atoms in total. The second-order valence-corrected chi connectivity index (χ2v) is 5.47. The molecule has 0 saturated carbocycles. The van der Waals surface area contributed by atoms with Gasteiger partial charge in [0.15, 0.2) is 0 Å². The average molecular weight is 299 g/mol. The molecule has 0 saturated heterocycles. The van der Waals surface area contributed by atoms with Gasteiger partial charge in [-0.1, -0.05) is 71.7 Å². The van der Waals surface area contributed by atoms with Gasteiger partial charge in [-0.2, -0.15) is 0 Å². The number of hydrogen-bond acceptors (Lipinski definition) is 0. The quantitative estimate of drug-likeness (QED) is 0.519. The van der Waals surface area contributed by atoms with Crippen molar-refractivity contribution in [2.45, 2.75) is 0 Å². The van der Waals surface area contributed by atoms with Gasteiger partial charge in [0.25, 0.3) is 0 Å². The first kappa shape index (κ1) is 13.2. The lowest BCUT2D eigenvalue weighted by Crippen LogP contribution is -1.80. The number of benzene rings is 3. The molecule has 0 aliphatic heterocycles. The summed E-state index contributed by atoms with van der Waals surface area (Å²) in [4.78, 5) is 0. The van der Waals surface area contributed by atoms with E-state index >= 15 is 0 Å². The van der Waals surface area contributed by atoms with Crippen molar-refractivity contribution in [3.8, 4) is 22.3 Å². The predicted molar refractivity (Wildman–Crippen MR) is 87.3 cm³/mol. The summed E-state index contributed by atoms with van der Waals surface area (Å²) in [6.45, 7) is 0. The Morgan fingerprint density at radius 3 is 1.50 bits per heavy atom. The van der Waals surface area contributed by atoms with Crippen LogP contribution in [0.15, 0.2) is 72.8 Å². The van der Waals surface area contributed by atoms with Gasteiger partial charge in [-0.15, -0.1) is 0 Å². The molecule has 0 N–H and O–H groups in total. The van der Waals surface area contributed by atoms with Crippen molar-refractivity contribution in [3.63, 3.8) is 0 Å². The van der Waals surface area contributed by atoms with Crippen molar-refractivity contribution in [3.05, 3.63) is 82.8 Å². The zero-order chi connectivity index (χ0) is 13.9. The van der Waals surface area contributed by atoms with Crippen molar-refractivity contribution in [2.24, 2.45) is 0 Å². The van der Waals surface area contributed by atoms with E-state index in [1.54, 1.807) is 0 Å². The molecular weight excluding hydrogens is 287 g/mol. The van der Waals surface area contributed by atoms with Crippen LogP contribution in [0.1, 0.15) is 0 Å². The van der Waals surface area contributed by atoms with Gasteiger partial charge in [-0.3, -0.25) is 0 Å². The monoisotopic (exact) mass is 298 g/mol. The Morgan fingerprint density at radius 2 is 0.950 bits per heavy atom. The highest BCUT2D eigenvalue weighted by Gasteiger charge is 2.01. The molecule has 0 atom stereocenters. The maximum atomic E-state index is 6.02. The van der Waals surface area contributed by atoms with Crippen molar-refractivity contribution in [1.29, 1.82) is 0 Å². The van der Waals surface area contributed by atoms with Crippen LogP contribution in [0.3, 0.4) is 0 Å². The summed E-state index contributed by atoms with van der Waals surface area (Å²) in [6, 6.07) is 24.2. The molecule has 0 spiro atoms. The minimum absolute atomic E-state index is 0.754. The van der Waals surface area contributed by atoms with Gasteiger partial charge in [0, 0.05) is 10.0 Å². The summed E-state index contributed by atoms with van der Waals surface area (Å²) in [5.74, 6) is 0. The number of hydrogen-bond donors (Lipinski definition) is 0. The van der Waals surface area contributed by atoms with Crippen LogP contribution in [0, 0.1) is 0 Å². The molecule has 0 fully saturated rings. The fourth-order valence-corrected chi connectivity index (χ4v) is 2.48. The lowest BCUT2D eigenvalue weighted by atomic mass is 10.0.